The summed E-state index contributed by atoms with van der Waals surface area (Å²) in [5, 5.41) is 13.8. The van der Waals surface area contributed by atoms with Crippen molar-refractivity contribution in [2.24, 2.45) is 5.92 Å². The largest absolute Gasteiger partial charge is 0.386 e. The second-order valence-electron chi connectivity index (χ2n) is 8.36. The standard InChI is InChI=1S/C25H32N2O3S/c1-18(2)23(26-22(28)15-9-12-19-10-5-3-6-11-19)25(30)27-17-31-16-21(27)24(29)20-13-7-4-8-14-20/h3-8,10-11,13-14,18,21,23-24,29H,9,12,15-17H2,1-2H3,(H,26,28)/t21-,23?,24?/m0/s1. The molecule has 3 rings (SSSR count). The Morgan fingerprint density at radius 2 is 1.74 bits per heavy atom. The average molecular weight is 441 g/mol. The number of aliphatic hydroxyl groups excluding tert-OH is 1. The molecule has 1 fully saturated rings. The summed E-state index contributed by atoms with van der Waals surface area (Å²) < 4.78 is 0. The molecule has 0 bridgehead atoms. The van der Waals surface area contributed by atoms with Gasteiger partial charge in [-0.3, -0.25) is 9.59 Å². The highest BCUT2D eigenvalue weighted by Gasteiger charge is 2.39. The van der Waals surface area contributed by atoms with E-state index in [0.29, 0.717) is 18.1 Å². The van der Waals surface area contributed by atoms with Crippen LogP contribution in [0.5, 0.6) is 0 Å². The fourth-order valence-electron chi connectivity index (χ4n) is 3.85. The zero-order chi connectivity index (χ0) is 22.2. The molecule has 0 saturated carbocycles. The van der Waals surface area contributed by atoms with Crippen LogP contribution in [0.1, 0.15) is 43.9 Å². The second kappa shape index (κ2) is 11.3. The number of benzene rings is 2. The molecule has 1 heterocycles. The van der Waals surface area contributed by atoms with Crippen LogP contribution in [0.3, 0.4) is 0 Å². The first-order valence-corrected chi connectivity index (χ1v) is 12.1. The van der Waals surface area contributed by atoms with Crippen LogP contribution >= 0.6 is 11.8 Å². The Morgan fingerprint density at radius 3 is 2.39 bits per heavy atom. The third-order valence-corrected chi connectivity index (χ3v) is 6.71. The number of rotatable bonds is 9. The van der Waals surface area contributed by atoms with E-state index in [4.69, 9.17) is 0 Å². The zero-order valence-electron chi connectivity index (χ0n) is 18.2. The Labute approximate surface area is 189 Å². The van der Waals surface area contributed by atoms with Gasteiger partial charge in [-0.05, 0) is 29.9 Å². The van der Waals surface area contributed by atoms with E-state index in [0.717, 1.165) is 18.4 Å². The quantitative estimate of drug-likeness (QED) is 0.623. The van der Waals surface area contributed by atoms with Crippen molar-refractivity contribution in [3.63, 3.8) is 0 Å². The second-order valence-corrected chi connectivity index (χ2v) is 9.36. The van der Waals surface area contributed by atoms with Gasteiger partial charge in [0.2, 0.25) is 11.8 Å². The topological polar surface area (TPSA) is 69.6 Å². The van der Waals surface area contributed by atoms with Crippen LogP contribution in [0.2, 0.25) is 0 Å². The van der Waals surface area contributed by atoms with Gasteiger partial charge in [-0.25, -0.2) is 0 Å². The minimum Gasteiger partial charge on any atom is -0.386 e. The highest BCUT2D eigenvalue weighted by molar-refractivity contribution is 7.99. The number of hydrogen-bond acceptors (Lipinski definition) is 4. The predicted octanol–water partition coefficient (Wildman–Crippen LogP) is 3.79. The molecule has 1 saturated heterocycles. The SMILES string of the molecule is CC(C)C(NC(=O)CCCc1ccccc1)C(=O)N1CSC[C@H]1C(O)c1ccccc1. The van der Waals surface area contributed by atoms with Gasteiger partial charge in [-0.15, -0.1) is 11.8 Å². The lowest BCUT2D eigenvalue weighted by atomic mass is 9.98. The minimum atomic E-state index is -0.741. The fraction of sp³-hybridized carbons (Fsp3) is 0.440. The Morgan fingerprint density at radius 1 is 1.10 bits per heavy atom. The van der Waals surface area contributed by atoms with Crippen LogP contribution in [-0.4, -0.2) is 45.5 Å². The molecule has 2 aromatic carbocycles. The Bertz CT molecular complexity index is 844. The maximum Gasteiger partial charge on any atom is 0.246 e. The number of carbonyl (C=O) groups excluding carboxylic acids is 2. The lowest BCUT2D eigenvalue weighted by Gasteiger charge is -2.32. The molecule has 0 spiro atoms. The molecule has 0 aromatic heterocycles. The van der Waals surface area contributed by atoms with Gasteiger partial charge in [0, 0.05) is 12.2 Å². The van der Waals surface area contributed by atoms with E-state index in [2.05, 4.69) is 17.4 Å². The predicted molar refractivity (Wildman–Crippen MR) is 126 cm³/mol. The molecule has 0 radical (unpaired) electrons. The van der Waals surface area contributed by atoms with E-state index in [-0.39, 0.29) is 23.8 Å². The average Bonchev–Trinajstić information content (AvgIpc) is 3.27. The third-order valence-electron chi connectivity index (χ3n) is 5.67. The number of carbonyl (C=O) groups is 2. The van der Waals surface area contributed by atoms with Crippen molar-refractivity contribution in [2.75, 3.05) is 11.6 Å². The normalized spacial score (nSPS) is 18.1. The van der Waals surface area contributed by atoms with E-state index < -0.39 is 12.1 Å². The molecule has 2 aromatic rings. The van der Waals surface area contributed by atoms with Crippen LogP contribution < -0.4 is 5.32 Å². The van der Waals surface area contributed by atoms with Gasteiger partial charge in [0.1, 0.15) is 12.1 Å². The van der Waals surface area contributed by atoms with Gasteiger partial charge in [-0.1, -0.05) is 74.5 Å². The minimum absolute atomic E-state index is 0.0364. The molecule has 166 valence electrons. The number of thioether (sulfide) groups is 1. The van der Waals surface area contributed by atoms with Gasteiger partial charge in [0.25, 0.3) is 0 Å². The van der Waals surface area contributed by atoms with Crippen LogP contribution in [0.4, 0.5) is 0 Å². The summed E-state index contributed by atoms with van der Waals surface area (Å²) in [5.41, 5.74) is 2.01. The molecule has 2 amide bonds. The van der Waals surface area contributed by atoms with Gasteiger partial charge >= 0.3 is 0 Å². The molecular formula is C25H32N2O3S. The van der Waals surface area contributed by atoms with Gasteiger partial charge in [-0.2, -0.15) is 0 Å². The van der Waals surface area contributed by atoms with Crippen LogP contribution in [0.25, 0.3) is 0 Å². The summed E-state index contributed by atoms with van der Waals surface area (Å²) in [6.07, 6.45) is 1.22. The lowest BCUT2D eigenvalue weighted by molar-refractivity contribution is -0.139. The van der Waals surface area contributed by atoms with Gasteiger partial charge in [0.05, 0.1) is 11.9 Å². The van der Waals surface area contributed by atoms with Crippen LogP contribution in [-0.2, 0) is 16.0 Å². The fourth-order valence-corrected chi connectivity index (χ4v) is 5.08. The number of nitrogens with zero attached hydrogens (tertiary/aromatic N) is 1. The van der Waals surface area contributed by atoms with Gasteiger partial charge < -0.3 is 15.3 Å². The molecule has 2 unspecified atom stereocenters. The van der Waals surface area contributed by atoms with E-state index >= 15 is 0 Å². The van der Waals surface area contributed by atoms with Crippen LogP contribution in [0.15, 0.2) is 60.7 Å². The summed E-state index contributed by atoms with van der Waals surface area (Å²) in [6, 6.07) is 18.6. The Balaban J connectivity index is 1.59. The van der Waals surface area contributed by atoms with Crippen molar-refractivity contribution in [1.29, 1.82) is 0 Å². The van der Waals surface area contributed by atoms with Crippen LogP contribution in [0, 0.1) is 5.92 Å². The summed E-state index contributed by atoms with van der Waals surface area (Å²) in [7, 11) is 0. The molecule has 1 aliphatic rings. The monoisotopic (exact) mass is 440 g/mol. The summed E-state index contributed by atoms with van der Waals surface area (Å²) >= 11 is 1.63. The molecule has 31 heavy (non-hydrogen) atoms. The molecule has 2 N–H and O–H groups in total. The molecule has 0 aliphatic carbocycles. The highest BCUT2D eigenvalue weighted by atomic mass is 32.2. The maximum atomic E-state index is 13.4. The first-order valence-electron chi connectivity index (χ1n) is 10.9. The van der Waals surface area contributed by atoms with Gasteiger partial charge in [0.15, 0.2) is 0 Å². The van der Waals surface area contributed by atoms with Crippen molar-refractivity contribution in [3.05, 3.63) is 71.8 Å². The number of aliphatic hydroxyl groups is 1. The number of aryl methyl sites for hydroxylation is 1. The third kappa shape index (κ3) is 6.34. The van der Waals surface area contributed by atoms with Crippen molar-refractivity contribution in [1.82, 2.24) is 10.2 Å². The van der Waals surface area contributed by atoms with E-state index in [1.807, 2.05) is 62.4 Å². The Hall–Kier alpha value is -2.31. The number of amides is 2. The van der Waals surface area contributed by atoms with E-state index in [1.165, 1.54) is 5.56 Å². The first kappa shape index (κ1) is 23.4. The molecule has 3 atom stereocenters. The summed E-state index contributed by atoms with van der Waals surface area (Å²) in [5.74, 6) is 0.954. The molecule has 5 nitrogen and oxygen atoms in total. The van der Waals surface area contributed by atoms with E-state index in [9.17, 15) is 14.7 Å². The number of hydrogen-bond donors (Lipinski definition) is 2. The molecular weight excluding hydrogens is 408 g/mol. The van der Waals surface area contributed by atoms with Crippen molar-refractivity contribution in [2.45, 2.75) is 51.3 Å². The smallest absolute Gasteiger partial charge is 0.246 e. The number of nitrogens with one attached hydrogen (secondary N) is 1. The lowest BCUT2D eigenvalue weighted by Crippen LogP contribution is -2.53. The summed E-state index contributed by atoms with van der Waals surface area (Å²) in [4.78, 5) is 27.7. The molecule has 6 heteroatoms. The van der Waals surface area contributed by atoms with Crippen molar-refractivity contribution >= 4 is 23.6 Å². The maximum absolute atomic E-state index is 13.4. The first-order chi connectivity index (χ1) is 15.0. The molecule has 1 aliphatic heterocycles. The zero-order valence-corrected chi connectivity index (χ0v) is 19.1. The summed E-state index contributed by atoms with van der Waals surface area (Å²) in [6.45, 7) is 3.89. The van der Waals surface area contributed by atoms with Crippen molar-refractivity contribution in [3.8, 4) is 0 Å². The highest BCUT2D eigenvalue weighted by Crippen LogP contribution is 2.31. The van der Waals surface area contributed by atoms with Crippen molar-refractivity contribution < 1.29 is 14.7 Å². The van der Waals surface area contributed by atoms with E-state index in [1.54, 1.807) is 16.7 Å². The Kier molecular flexibility index (Phi) is 8.55.